The SMILES string of the molecule is Cc1ccc(O)cc1Cc1ccc(C(=O)Nc2c(F)cccc2F)o1.Fc1cccc(CC2CC2)c1F. The molecule has 1 amide bonds. The van der Waals surface area contributed by atoms with E-state index in [0.29, 0.717) is 30.1 Å². The lowest BCUT2D eigenvalue weighted by molar-refractivity contribution is 0.0994. The second-order valence-corrected chi connectivity index (χ2v) is 8.96. The van der Waals surface area contributed by atoms with Crippen molar-refractivity contribution in [2.45, 2.75) is 32.6 Å². The third-order valence-electron chi connectivity index (χ3n) is 6.02. The Labute approximate surface area is 211 Å². The van der Waals surface area contributed by atoms with E-state index < -0.39 is 34.9 Å². The Morgan fingerprint density at radius 2 is 1.59 bits per heavy atom. The molecule has 1 aromatic heterocycles. The Balaban J connectivity index is 0.000000222. The second kappa shape index (κ2) is 11.3. The number of amides is 1. The molecule has 1 saturated carbocycles. The molecule has 8 heteroatoms. The smallest absolute Gasteiger partial charge is 0.291 e. The zero-order valence-corrected chi connectivity index (χ0v) is 20.0. The predicted molar refractivity (Wildman–Crippen MR) is 131 cm³/mol. The normalized spacial score (nSPS) is 12.6. The first-order valence-corrected chi connectivity index (χ1v) is 11.8. The van der Waals surface area contributed by atoms with E-state index in [4.69, 9.17) is 4.42 Å². The van der Waals surface area contributed by atoms with Crippen LogP contribution in [0.2, 0.25) is 0 Å². The van der Waals surface area contributed by atoms with E-state index in [-0.39, 0.29) is 11.5 Å². The Bertz CT molecular complexity index is 1390. The fourth-order valence-electron chi connectivity index (χ4n) is 3.76. The number of carbonyl (C=O) groups excluding carboxylic acids is 1. The number of carbonyl (C=O) groups is 1. The number of hydrogen-bond donors (Lipinski definition) is 2. The summed E-state index contributed by atoms with van der Waals surface area (Å²) in [6.07, 6.45) is 3.40. The zero-order chi connectivity index (χ0) is 26.5. The van der Waals surface area contributed by atoms with Crippen molar-refractivity contribution in [2.75, 3.05) is 5.32 Å². The Hall–Kier alpha value is -4.07. The molecular weight excluding hydrogens is 486 g/mol. The van der Waals surface area contributed by atoms with Gasteiger partial charge in [0.05, 0.1) is 0 Å². The van der Waals surface area contributed by atoms with Gasteiger partial charge >= 0.3 is 0 Å². The van der Waals surface area contributed by atoms with E-state index in [1.165, 1.54) is 12.1 Å². The molecule has 192 valence electrons. The number of halogens is 4. The first kappa shape index (κ1) is 26.0. The summed E-state index contributed by atoms with van der Waals surface area (Å²) in [6, 6.07) is 15.7. The van der Waals surface area contributed by atoms with Gasteiger partial charge in [-0.25, -0.2) is 17.6 Å². The fraction of sp³-hybridized carbons (Fsp3) is 0.207. The largest absolute Gasteiger partial charge is 0.508 e. The van der Waals surface area contributed by atoms with Gasteiger partial charge < -0.3 is 14.8 Å². The third-order valence-corrected chi connectivity index (χ3v) is 6.02. The van der Waals surface area contributed by atoms with Crippen LogP contribution in [-0.4, -0.2) is 11.0 Å². The van der Waals surface area contributed by atoms with Crippen LogP contribution in [0.25, 0.3) is 0 Å². The molecule has 0 radical (unpaired) electrons. The second-order valence-electron chi connectivity index (χ2n) is 8.96. The molecule has 2 N–H and O–H groups in total. The molecule has 4 nitrogen and oxygen atoms in total. The molecule has 1 heterocycles. The highest BCUT2D eigenvalue weighted by Gasteiger charge is 2.23. The molecule has 37 heavy (non-hydrogen) atoms. The van der Waals surface area contributed by atoms with Crippen LogP contribution < -0.4 is 5.32 Å². The number of rotatable bonds is 6. The van der Waals surface area contributed by atoms with Crippen LogP contribution >= 0.6 is 0 Å². The third kappa shape index (κ3) is 6.78. The van der Waals surface area contributed by atoms with Crippen molar-refractivity contribution in [3.05, 3.63) is 118 Å². The van der Waals surface area contributed by atoms with E-state index in [1.54, 1.807) is 36.4 Å². The Morgan fingerprint density at radius 3 is 2.30 bits per heavy atom. The number of anilines is 1. The van der Waals surface area contributed by atoms with Gasteiger partial charge in [-0.15, -0.1) is 0 Å². The number of hydrogen-bond acceptors (Lipinski definition) is 3. The molecule has 5 rings (SSSR count). The molecular formula is C29H25F4NO3. The lowest BCUT2D eigenvalue weighted by Crippen LogP contribution is -2.13. The minimum atomic E-state index is -0.865. The zero-order valence-electron chi connectivity index (χ0n) is 20.0. The lowest BCUT2D eigenvalue weighted by Gasteiger charge is -2.06. The molecule has 4 aromatic rings. The summed E-state index contributed by atoms with van der Waals surface area (Å²) >= 11 is 0. The Kier molecular flexibility index (Phi) is 7.96. The average molecular weight is 512 g/mol. The number of furan rings is 1. The van der Waals surface area contributed by atoms with Crippen LogP contribution in [0.5, 0.6) is 5.75 Å². The summed E-state index contributed by atoms with van der Waals surface area (Å²) in [4.78, 5) is 12.1. The summed E-state index contributed by atoms with van der Waals surface area (Å²) < 4.78 is 58.3. The van der Waals surface area contributed by atoms with Gasteiger partial charge in [-0.1, -0.05) is 24.3 Å². The molecule has 0 atom stereocenters. The quantitative estimate of drug-likeness (QED) is 0.267. The molecule has 0 bridgehead atoms. The van der Waals surface area contributed by atoms with Crippen molar-refractivity contribution in [2.24, 2.45) is 5.92 Å². The number of para-hydroxylation sites is 1. The molecule has 3 aromatic carbocycles. The maximum absolute atomic E-state index is 13.6. The minimum absolute atomic E-state index is 0.0598. The molecule has 1 aliphatic carbocycles. The van der Waals surface area contributed by atoms with E-state index in [2.05, 4.69) is 5.32 Å². The van der Waals surface area contributed by atoms with Crippen molar-refractivity contribution >= 4 is 11.6 Å². The van der Waals surface area contributed by atoms with Crippen LogP contribution in [-0.2, 0) is 12.8 Å². The van der Waals surface area contributed by atoms with E-state index in [0.717, 1.165) is 42.2 Å². The maximum atomic E-state index is 13.6. The summed E-state index contributed by atoms with van der Waals surface area (Å²) in [7, 11) is 0. The highest BCUT2D eigenvalue weighted by molar-refractivity contribution is 6.02. The number of aromatic hydroxyl groups is 1. The molecule has 0 aliphatic heterocycles. The minimum Gasteiger partial charge on any atom is -0.508 e. The highest BCUT2D eigenvalue weighted by Crippen LogP contribution is 2.33. The van der Waals surface area contributed by atoms with Gasteiger partial charge in [0.15, 0.2) is 17.4 Å². The van der Waals surface area contributed by atoms with Gasteiger partial charge in [-0.2, -0.15) is 0 Å². The molecule has 0 unspecified atom stereocenters. The number of phenols is 1. The van der Waals surface area contributed by atoms with E-state index >= 15 is 0 Å². The van der Waals surface area contributed by atoms with Gasteiger partial charge in [-0.3, -0.25) is 4.79 Å². The average Bonchev–Trinajstić information content (AvgIpc) is 3.56. The van der Waals surface area contributed by atoms with Gasteiger partial charge in [0.2, 0.25) is 0 Å². The summed E-state index contributed by atoms with van der Waals surface area (Å²) in [5, 5.41) is 11.7. The summed E-state index contributed by atoms with van der Waals surface area (Å²) in [5.41, 5.74) is 1.82. The van der Waals surface area contributed by atoms with Crippen molar-refractivity contribution < 1.29 is 31.9 Å². The summed E-state index contributed by atoms with van der Waals surface area (Å²) in [5.74, 6) is -2.70. The number of aryl methyl sites for hydroxylation is 1. The van der Waals surface area contributed by atoms with Crippen molar-refractivity contribution in [1.82, 2.24) is 0 Å². The van der Waals surface area contributed by atoms with Crippen molar-refractivity contribution in [3.63, 3.8) is 0 Å². The van der Waals surface area contributed by atoms with Crippen molar-refractivity contribution in [3.8, 4) is 5.75 Å². The van der Waals surface area contributed by atoms with Crippen LogP contribution in [0.3, 0.4) is 0 Å². The van der Waals surface area contributed by atoms with Crippen LogP contribution in [0, 0.1) is 36.1 Å². The van der Waals surface area contributed by atoms with E-state index in [9.17, 15) is 27.5 Å². The van der Waals surface area contributed by atoms with Gasteiger partial charge in [0.1, 0.15) is 28.8 Å². The lowest BCUT2D eigenvalue weighted by atomic mass is 10.0. The molecule has 0 spiro atoms. The number of nitrogens with one attached hydrogen (secondary N) is 1. The number of phenolic OH excluding ortho intramolecular Hbond substituents is 1. The molecule has 1 fully saturated rings. The maximum Gasteiger partial charge on any atom is 0.291 e. The van der Waals surface area contributed by atoms with Gasteiger partial charge in [-0.05, 0) is 91.3 Å². The van der Waals surface area contributed by atoms with Crippen LogP contribution in [0.4, 0.5) is 23.2 Å². The molecule has 0 saturated heterocycles. The topological polar surface area (TPSA) is 62.5 Å². The Morgan fingerprint density at radius 1 is 0.919 bits per heavy atom. The number of benzene rings is 3. The van der Waals surface area contributed by atoms with Gasteiger partial charge in [0.25, 0.3) is 5.91 Å². The molecule has 1 aliphatic rings. The highest BCUT2D eigenvalue weighted by atomic mass is 19.2. The summed E-state index contributed by atoms with van der Waals surface area (Å²) in [6.45, 7) is 1.90. The first-order valence-electron chi connectivity index (χ1n) is 11.8. The van der Waals surface area contributed by atoms with E-state index in [1.807, 2.05) is 6.92 Å². The van der Waals surface area contributed by atoms with Crippen LogP contribution in [0.1, 0.15) is 45.8 Å². The van der Waals surface area contributed by atoms with Crippen molar-refractivity contribution in [1.29, 1.82) is 0 Å². The standard InChI is InChI=1S/C19H15F2NO3.C10H10F2/c1-11-5-6-13(23)9-12(11)10-14-7-8-17(25-14)19(24)22-18-15(20)3-2-4-16(18)21;11-9-3-1-2-8(10(9)12)6-7-4-5-7/h2-9,23H,10H2,1H3,(H,22,24);1-3,7H,4-6H2. The first-order chi connectivity index (χ1) is 17.7. The monoisotopic (exact) mass is 511 g/mol. The predicted octanol–water partition coefficient (Wildman–Crippen LogP) is 7.33. The fourth-order valence-corrected chi connectivity index (χ4v) is 3.76. The van der Waals surface area contributed by atoms with Gasteiger partial charge in [0, 0.05) is 6.42 Å². The van der Waals surface area contributed by atoms with Crippen LogP contribution in [0.15, 0.2) is 71.1 Å².